The molecule has 1 N–H and O–H groups in total. The minimum Gasteiger partial charge on any atom is -0.369 e. The van der Waals surface area contributed by atoms with Crippen molar-refractivity contribution < 1.29 is 5.11 Å². The molecule has 5 heteroatoms. The minimum atomic E-state index is -0.925. The van der Waals surface area contributed by atoms with Gasteiger partial charge < -0.3 is 10.0 Å². The van der Waals surface area contributed by atoms with E-state index in [-0.39, 0.29) is 22.5 Å². The molecule has 98 valence electrons. The number of aliphatic hydroxyl groups is 1. The first kappa shape index (κ1) is 15.1. The van der Waals surface area contributed by atoms with E-state index in [2.05, 4.69) is 37.6 Å². The van der Waals surface area contributed by atoms with E-state index in [0.29, 0.717) is 6.42 Å². The summed E-state index contributed by atoms with van der Waals surface area (Å²) in [5, 5.41) is 11.1. The highest BCUT2D eigenvalue weighted by atomic mass is 79.9. The van der Waals surface area contributed by atoms with E-state index in [9.17, 15) is 5.11 Å². The van der Waals surface area contributed by atoms with Gasteiger partial charge in [-0.3, -0.25) is 0 Å². The monoisotopic (exact) mass is 320 g/mol. The summed E-state index contributed by atoms with van der Waals surface area (Å²) in [5.74, 6) is 0. The van der Waals surface area contributed by atoms with Crippen molar-refractivity contribution in [3.8, 4) is 0 Å². The van der Waals surface area contributed by atoms with Crippen LogP contribution in [0.3, 0.4) is 0 Å². The predicted molar refractivity (Wildman–Crippen MR) is 79.5 cm³/mol. The molecule has 0 amide bonds. The van der Waals surface area contributed by atoms with Crippen LogP contribution in [0, 0.1) is 0 Å². The number of rotatable bonds is 1. The molecule has 3 nitrogen and oxygen atoms in total. The molecular formula is C12H21BrN2OS. The van der Waals surface area contributed by atoms with Crippen LogP contribution in [0.25, 0.3) is 0 Å². The number of hydrogen-bond donors (Lipinski definition) is 1. The van der Waals surface area contributed by atoms with Gasteiger partial charge in [0.1, 0.15) is 0 Å². The van der Waals surface area contributed by atoms with Crippen molar-refractivity contribution in [1.29, 1.82) is 0 Å². The zero-order chi connectivity index (χ0) is 12.1. The van der Waals surface area contributed by atoms with E-state index < -0.39 is 5.72 Å². The molecule has 0 saturated carbocycles. The fourth-order valence-electron chi connectivity index (χ4n) is 2.76. The van der Waals surface area contributed by atoms with Crippen LogP contribution < -0.4 is 0 Å². The minimum absolute atomic E-state index is 0. The van der Waals surface area contributed by atoms with Crippen LogP contribution in [0.5, 0.6) is 0 Å². The largest absolute Gasteiger partial charge is 0.369 e. The third-order valence-corrected chi connectivity index (χ3v) is 4.15. The second-order valence-electron chi connectivity index (χ2n) is 5.39. The van der Waals surface area contributed by atoms with Gasteiger partial charge in [-0.15, -0.1) is 17.0 Å². The fourth-order valence-corrected chi connectivity index (χ4v) is 4.08. The highest BCUT2D eigenvalue weighted by molar-refractivity contribution is 8.93. The average molecular weight is 321 g/mol. The zero-order valence-electron chi connectivity index (χ0n) is 11.1. The first-order chi connectivity index (χ1) is 7.27. The molecule has 0 fully saturated rings. The maximum atomic E-state index is 10.2. The van der Waals surface area contributed by atoms with E-state index in [1.54, 1.807) is 18.7 Å². The third-order valence-electron chi connectivity index (χ3n) is 3.16. The topological polar surface area (TPSA) is 35.8 Å². The van der Waals surface area contributed by atoms with Gasteiger partial charge in [0, 0.05) is 22.6 Å². The normalized spacial score (nSPS) is 30.9. The van der Waals surface area contributed by atoms with Crippen molar-refractivity contribution >= 4 is 33.9 Å². The number of hydrogen-bond acceptors (Lipinski definition) is 4. The summed E-state index contributed by atoms with van der Waals surface area (Å²) in [5.41, 5.74) is 0.368. The first-order valence-electron chi connectivity index (χ1n) is 5.77. The van der Waals surface area contributed by atoms with Gasteiger partial charge in [0.2, 0.25) is 0 Å². The third kappa shape index (κ3) is 2.56. The summed E-state index contributed by atoms with van der Waals surface area (Å²) < 4.78 is 0. The number of fused-ring (bicyclic) bond motifs is 1. The number of allylic oxidation sites excluding steroid dienone is 2. The van der Waals surface area contributed by atoms with Crippen molar-refractivity contribution in [2.45, 2.75) is 58.7 Å². The van der Waals surface area contributed by atoms with Crippen molar-refractivity contribution in [1.82, 2.24) is 4.90 Å². The van der Waals surface area contributed by atoms with E-state index in [1.807, 2.05) is 0 Å². The second-order valence-corrected chi connectivity index (χ2v) is 6.58. The molecule has 2 rings (SSSR count). The number of aliphatic imine (C=N–C) groups is 1. The number of halogens is 1. The molecule has 0 saturated heterocycles. The molecule has 0 radical (unpaired) electrons. The summed E-state index contributed by atoms with van der Waals surface area (Å²) >= 11 is 1.68. The molecule has 0 aliphatic carbocycles. The molecular weight excluding hydrogens is 300 g/mol. The maximum Gasteiger partial charge on any atom is 0.171 e. The smallest absolute Gasteiger partial charge is 0.171 e. The van der Waals surface area contributed by atoms with E-state index in [1.165, 1.54) is 10.6 Å². The van der Waals surface area contributed by atoms with Gasteiger partial charge in [-0.25, -0.2) is 4.99 Å². The van der Waals surface area contributed by atoms with Crippen LogP contribution in [0.4, 0.5) is 0 Å². The Labute approximate surface area is 118 Å². The lowest BCUT2D eigenvalue weighted by Crippen LogP contribution is -2.53. The van der Waals surface area contributed by atoms with Gasteiger partial charge in [0.15, 0.2) is 10.9 Å². The molecule has 2 heterocycles. The first-order valence-corrected chi connectivity index (χ1v) is 6.58. The van der Waals surface area contributed by atoms with Crippen LogP contribution >= 0.6 is 28.7 Å². The number of nitrogens with zero attached hydrogens (tertiary/aromatic N) is 2. The Bertz CT molecular complexity index is 388. The lowest BCUT2D eigenvalue weighted by atomic mass is 9.90. The summed E-state index contributed by atoms with van der Waals surface area (Å²) in [6.45, 7) is 10.4. The van der Waals surface area contributed by atoms with Gasteiger partial charge in [0.25, 0.3) is 0 Å². The Morgan fingerprint density at radius 1 is 1.41 bits per heavy atom. The quantitative estimate of drug-likeness (QED) is 0.803. The van der Waals surface area contributed by atoms with E-state index in [0.717, 1.165) is 11.6 Å². The summed E-state index contributed by atoms with van der Waals surface area (Å²) in [6.07, 6.45) is 1.68. The molecule has 0 spiro atoms. The van der Waals surface area contributed by atoms with Gasteiger partial charge in [-0.1, -0.05) is 18.7 Å². The van der Waals surface area contributed by atoms with Gasteiger partial charge >= 0.3 is 0 Å². The van der Waals surface area contributed by atoms with Gasteiger partial charge in [0.05, 0.1) is 0 Å². The molecule has 2 aliphatic rings. The molecule has 0 aromatic heterocycles. The van der Waals surface area contributed by atoms with E-state index in [4.69, 9.17) is 0 Å². The Kier molecular flexibility index (Phi) is 4.07. The average Bonchev–Trinajstić information content (AvgIpc) is 2.37. The van der Waals surface area contributed by atoms with Crippen molar-refractivity contribution in [2.75, 3.05) is 0 Å². The number of thioether (sulfide) groups is 1. The second kappa shape index (κ2) is 4.59. The Hall–Kier alpha value is -0.0000000000000000833. The van der Waals surface area contributed by atoms with Crippen LogP contribution in [0.15, 0.2) is 15.6 Å². The van der Waals surface area contributed by atoms with Crippen molar-refractivity contribution in [3.05, 3.63) is 10.6 Å². The Balaban J connectivity index is 0.00000144. The molecule has 17 heavy (non-hydrogen) atoms. The summed E-state index contributed by atoms with van der Waals surface area (Å²) in [7, 11) is 0. The van der Waals surface area contributed by atoms with Crippen molar-refractivity contribution in [2.24, 2.45) is 4.99 Å². The molecule has 1 atom stereocenters. The predicted octanol–water partition coefficient (Wildman–Crippen LogP) is 3.50. The SMILES string of the molecule is Br.CCC1=C(C)SC2=NC(C)(O)CC(C)(C)N21. The molecule has 0 bridgehead atoms. The lowest BCUT2D eigenvalue weighted by Gasteiger charge is -2.45. The van der Waals surface area contributed by atoms with Crippen LogP contribution in [-0.4, -0.2) is 26.4 Å². The fraction of sp³-hybridized carbons (Fsp3) is 0.750. The summed E-state index contributed by atoms with van der Waals surface area (Å²) in [6, 6.07) is 0. The van der Waals surface area contributed by atoms with Gasteiger partial charge in [-0.2, -0.15) is 0 Å². The van der Waals surface area contributed by atoms with Crippen molar-refractivity contribution in [3.63, 3.8) is 0 Å². The molecule has 1 unspecified atom stereocenters. The molecule has 2 aliphatic heterocycles. The van der Waals surface area contributed by atoms with Crippen LogP contribution in [0.2, 0.25) is 0 Å². The van der Waals surface area contributed by atoms with E-state index >= 15 is 0 Å². The maximum absolute atomic E-state index is 10.2. The highest BCUT2D eigenvalue weighted by Crippen LogP contribution is 2.46. The summed E-state index contributed by atoms with van der Waals surface area (Å²) in [4.78, 5) is 8.05. The van der Waals surface area contributed by atoms with Crippen LogP contribution in [0.1, 0.15) is 47.5 Å². The number of amidine groups is 1. The Morgan fingerprint density at radius 2 is 2.00 bits per heavy atom. The standard InChI is InChI=1S/C12H20N2OS.BrH/c1-6-9-8(2)16-10-13-12(5,15)7-11(3,4)14(9)10;/h15H,6-7H2,1-5H3;1H. The highest BCUT2D eigenvalue weighted by Gasteiger charge is 2.45. The molecule has 0 aromatic carbocycles. The zero-order valence-corrected chi connectivity index (χ0v) is 13.6. The lowest BCUT2D eigenvalue weighted by molar-refractivity contribution is 0.00629. The Morgan fingerprint density at radius 3 is 2.53 bits per heavy atom. The molecule has 0 aromatic rings. The van der Waals surface area contributed by atoms with Crippen LogP contribution in [-0.2, 0) is 0 Å². The van der Waals surface area contributed by atoms with Gasteiger partial charge in [-0.05, 0) is 34.1 Å².